The lowest BCUT2D eigenvalue weighted by Crippen LogP contribution is -1.95. The smallest absolute Gasteiger partial charge is 0.162 e. The minimum atomic E-state index is 0.180. The Labute approximate surface area is 124 Å². The first-order valence-corrected chi connectivity index (χ1v) is 7.18. The lowest BCUT2D eigenvalue weighted by Gasteiger charge is -2.06. The van der Waals surface area contributed by atoms with E-state index in [-0.39, 0.29) is 5.78 Å². The van der Waals surface area contributed by atoms with Crippen LogP contribution in [0.4, 0.5) is 0 Å². The van der Waals surface area contributed by atoms with Crippen molar-refractivity contribution >= 4 is 16.7 Å². The Balaban J connectivity index is 2.00. The predicted octanol–water partition coefficient (Wildman–Crippen LogP) is 4.80. The maximum Gasteiger partial charge on any atom is 0.162 e. The Kier molecular flexibility index (Phi) is 3.53. The van der Waals surface area contributed by atoms with Gasteiger partial charge in [0.05, 0.1) is 5.52 Å². The quantitative estimate of drug-likeness (QED) is 0.642. The fraction of sp³-hybridized carbons (Fsp3) is 0.158. The minimum absolute atomic E-state index is 0.180. The molecule has 2 heteroatoms. The largest absolute Gasteiger partial charge is 0.294 e. The number of Topliss-reactive ketones (excluding diaryl/α,β-unsaturated/α-hetero) is 1. The summed E-state index contributed by atoms with van der Waals surface area (Å²) < 4.78 is 0. The first-order valence-electron chi connectivity index (χ1n) is 7.18. The van der Waals surface area contributed by atoms with Gasteiger partial charge >= 0.3 is 0 Å². The topological polar surface area (TPSA) is 30.0 Å². The summed E-state index contributed by atoms with van der Waals surface area (Å²) in [7, 11) is 0. The molecule has 0 fully saturated rings. The van der Waals surface area contributed by atoms with Gasteiger partial charge in [-0.15, -0.1) is 0 Å². The second-order valence-electron chi connectivity index (χ2n) is 5.21. The maximum atomic E-state index is 11.7. The van der Waals surface area contributed by atoms with Crippen molar-refractivity contribution in [3.05, 3.63) is 65.9 Å². The highest BCUT2D eigenvalue weighted by molar-refractivity contribution is 5.96. The number of benzene rings is 2. The van der Waals surface area contributed by atoms with Crippen molar-refractivity contribution in [3.8, 4) is 11.1 Å². The standard InChI is InChI=1S/C19H17NO/c1-3-19(21)15-8-6-14(7-9-15)16-10-11-18-17(12-16)5-4-13(2)20-18/h4-12H,3H2,1-2H3. The molecule has 1 aromatic heterocycles. The molecule has 2 nitrogen and oxygen atoms in total. The monoisotopic (exact) mass is 275 g/mol. The van der Waals surface area contributed by atoms with E-state index < -0.39 is 0 Å². The van der Waals surface area contributed by atoms with E-state index >= 15 is 0 Å². The molecule has 0 radical (unpaired) electrons. The van der Waals surface area contributed by atoms with Gasteiger partial charge in [-0.3, -0.25) is 9.78 Å². The van der Waals surface area contributed by atoms with Crippen LogP contribution in [0, 0.1) is 6.92 Å². The molecule has 0 aliphatic rings. The summed E-state index contributed by atoms with van der Waals surface area (Å²) in [5.41, 5.74) is 5.07. The molecule has 104 valence electrons. The normalized spacial score (nSPS) is 10.8. The Hall–Kier alpha value is -2.48. The van der Waals surface area contributed by atoms with Gasteiger partial charge in [0, 0.05) is 23.1 Å². The third-order valence-corrected chi connectivity index (χ3v) is 3.69. The zero-order valence-electron chi connectivity index (χ0n) is 12.3. The van der Waals surface area contributed by atoms with Crippen LogP contribution < -0.4 is 0 Å². The zero-order chi connectivity index (χ0) is 14.8. The Morgan fingerprint density at radius 2 is 1.67 bits per heavy atom. The fourth-order valence-electron chi connectivity index (χ4n) is 2.46. The number of carbonyl (C=O) groups excluding carboxylic acids is 1. The number of ketones is 1. The van der Waals surface area contributed by atoms with E-state index in [0.29, 0.717) is 6.42 Å². The Morgan fingerprint density at radius 3 is 2.38 bits per heavy atom. The molecule has 2 aromatic carbocycles. The fourth-order valence-corrected chi connectivity index (χ4v) is 2.46. The average Bonchev–Trinajstić information content (AvgIpc) is 2.53. The van der Waals surface area contributed by atoms with Crippen molar-refractivity contribution in [2.45, 2.75) is 20.3 Å². The van der Waals surface area contributed by atoms with Crippen molar-refractivity contribution in [1.82, 2.24) is 4.98 Å². The van der Waals surface area contributed by atoms with Gasteiger partial charge in [-0.1, -0.05) is 43.3 Å². The molecule has 0 N–H and O–H groups in total. The average molecular weight is 275 g/mol. The highest BCUT2D eigenvalue weighted by Crippen LogP contribution is 2.24. The number of fused-ring (bicyclic) bond motifs is 1. The molecule has 3 rings (SSSR count). The van der Waals surface area contributed by atoms with Gasteiger partial charge in [0.15, 0.2) is 5.78 Å². The Bertz CT molecular complexity index is 803. The van der Waals surface area contributed by atoms with Crippen molar-refractivity contribution < 1.29 is 4.79 Å². The number of nitrogens with zero attached hydrogens (tertiary/aromatic N) is 1. The third-order valence-electron chi connectivity index (χ3n) is 3.69. The summed E-state index contributed by atoms with van der Waals surface area (Å²) in [5, 5.41) is 1.13. The number of aromatic nitrogens is 1. The SMILES string of the molecule is CCC(=O)c1ccc(-c2ccc3nc(C)ccc3c2)cc1. The van der Waals surface area contributed by atoms with E-state index in [1.165, 1.54) is 0 Å². The molecule has 0 saturated carbocycles. The Morgan fingerprint density at radius 1 is 0.952 bits per heavy atom. The van der Waals surface area contributed by atoms with Crippen molar-refractivity contribution in [2.24, 2.45) is 0 Å². The number of hydrogen-bond acceptors (Lipinski definition) is 2. The lowest BCUT2D eigenvalue weighted by atomic mass is 10.0. The summed E-state index contributed by atoms with van der Waals surface area (Å²) in [5.74, 6) is 0.180. The van der Waals surface area contributed by atoms with E-state index in [1.807, 2.05) is 50.2 Å². The van der Waals surface area contributed by atoms with Crippen LogP contribution in [-0.2, 0) is 0 Å². The summed E-state index contributed by atoms with van der Waals surface area (Å²) in [6.45, 7) is 3.88. The van der Waals surface area contributed by atoms with Crippen LogP contribution in [0.2, 0.25) is 0 Å². The number of carbonyl (C=O) groups is 1. The van der Waals surface area contributed by atoms with Crippen LogP contribution in [0.15, 0.2) is 54.6 Å². The highest BCUT2D eigenvalue weighted by atomic mass is 16.1. The van der Waals surface area contributed by atoms with Crippen LogP contribution >= 0.6 is 0 Å². The summed E-state index contributed by atoms with van der Waals surface area (Å²) in [6, 6.07) is 18.2. The summed E-state index contributed by atoms with van der Waals surface area (Å²) >= 11 is 0. The van der Waals surface area contributed by atoms with Gasteiger partial charge in [0.1, 0.15) is 0 Å². The molecule has 0 bridgehead atoms. The number of pyridine rings is 1. The van der Waals surface area contributed by atoms with Crippen LogP contribution in [-0.4, -0.2) is 10.8 Å². The van der Waals surface area contributed by atoms with Crippen molar-refractivity contribution in [3.63, 3.8) is 0 Å². The van der Waals surface area contributed by atoms with Crippen LogP contribution in [0.1, 0.15) is 29.4 Å². The molecule has 1 heterocycles. The second kappa shape index (κ2) is 5.49. The van der Waals surface area contributed by atoms with Crippen LogP contribution in [0.3, 0.4) is 0 Å². The third kappa shape index (κ3) is 2.70. The van der Waals surface area contributed by atoms with E-state index in [4.69, 9.17) is 0 Å². The van der Waals surface area contributed by atoms with Gasteiger partial charge in [0.25, 0.3) is 0 Å². The highest BCUT2D eigenvalue weighted by Gasteiger charge is 2.04. The van der Waals surface area contributed by atoms with E-state index in [2.05, 4.69) is 23.2 Å². The summed E-state index contributed by atoms with van der Waals surface area (Å²) in [6.07, 6.45) is 0.542. The predicted molar refractivity (Wildman–Crippen MR) is 86.5 cm³/mol. The molecule has 0 saturated heterocycles. The van der Waals surface area contributed by atoms with Crippen LogP contribution in [0.5, 0.6) is 0 Å². The van der Waals surface area contributed by atoms with Gasteiger partial charge in [-0.05, 0) is 36.2 Å². The zero-order valence-corrected chi connectivity index (χ0v) is 12.3. The van der Waals surface area contributed by atoms with E-state index in [9.17, 15) is 4.79 Å². The van der Waals surface area contributed by atoms with E-state index in [1.54, 1.807) is 0 Å². The molecule has 0 amide bonds. The van der Waals surface area contributed by atoms with Gasteiger partial charge in [-0.25, -0.2) is 0 Å². The molecule has 0 aliphatic carbocycles. The maximum absolute atomic E-state index is 11.7. The molecule has 0 spiro atoms. The van der Waals surface area contributed by atoms with Crippen molar-refractivity contribution in [2.75, 3.05) is 0 Å². The molecule has 0 unspecified atom stereocenters. The molecular formula is C19H17NO. The first-order chi connectivity index (χ1) is 10.2. The summed E-state index contributed by atoms with van der Waals surface area (Å²) in [4.78, 5) is 16.2. The molecule has 0 atom stereocenters. The molecule has 0 aliphatic heterocycles. The second-order valence-corrected chi connectivity index (χ2v) is 5.21. The minimum Gasteiger partial charge on any atom is -0.294 e. The van der Waals surface area contributed by atoms with Gasteiger partial charge < -0.3 is 0 Å². The van der Waals surface area contributed by atoms with E-state index in [0.717, 1.165) is 33.3 Å². The molecule has 3 aromatic rings. The number of rotatable bonds is 3. The lowest BCUT2D eigenvalue weighted by molar-refractivity contribution is 0.0988. The van der Waals surface area contributed by atoms with Crippen LogP contribution in [0.25, 0.3) is 22.0 Å². The van der Waals surface area contributed by atoms with Gasteiger partial charge in [0.2, 0.25) is 0 Å². The molecule has 21 heavy (non-hydrogen) atoms. The van der Waals surface area contributed by atoms with Gasteiger partial charge in [-0.2, -0.15) is 0 Å². The number of aryl methyl sites for hydroxylation is 1. The number of hydrogen-bond donors (Lipinski definition) is 0. The first kappa shape index (κ1) is 13.5. The van der Waals surface area contributed by atoms with Crippen molar-refractivity contribution in [1.29, 1.82) is 0 Å². The molecular weight excluding hydrogens is 258 g/mol.